The molecule has 0 spiro atoms. The first-order valence-electron chi connectivity index (χ1n) is 6.78. The Morgan fingerprint density at radius 2 is 1.69 bits per heavy atom. The van der Waals surface area contributed by atoms with Gasteiger partial charge in [0.2, 0.25) is 0 Å². The van der Waals surface area contributed by atoms with Crippen LogP contribution >= 0.6 is 15.9 Å². The van der Waals surface area contributed by atoms with Gasteiger partial charge in [-0.2, -0.15) is 0 Å². The maximum absolute atomic E-state index is 6.15. The lowest BCUT2D eigenvalue weighted by atomic mass is 9.81. The third kappa shape index (κ3) is 2.91. The Hall–Kier alpha value is 0.657. The number of ether oxygens (including phenoxy) is 1. The monoisotopic (exact) mass is 304 g/mol. The fourth-order valence-corrected chi connectivity index (χ4v) is 4.67. The first kappa shape index (κ1) is 13.1. The van der Waals surface area contributed by atoms with Crippen LogP contribution in [0.1, 0.15) is 38.5 Å². The summed E-state index contributed by atoms with van der Waals surface area (Å²) in [5.74, 6) is 0.881. The molecule has 2 aliphatic rings. The van der Waals surface area contributed by atoms with Gasteiger partial charge < -0.3 is 4.74 Å². The van der Waals surface area contributed by atoms with Crippen molar-refractivity contribution in [1.82, 2.24) is 0 Å². The minimum atomic E-state index is -1.08. The van der Waals surface area contributed by atoms with E-state index < -0.39 is 8.07 Å². The lowest BCUT2D eigenvalue weighted by Crippen LogP contribution is -2.54. The van der Waals surface area contributed by atoms with E-state index in [9.17, 15) is 0 Å². The molecule has 0 amide bonds. The molecule has 0 bridgehead atoms. The Balaban J connectivity index is 1.76. The predicted molar refractivity (Wildman–Crippen MR) is 75.9 cm³/mol. The molecule has 1 saturated carbocycles. The van der Waals surface area contributed by atoms with Gasteiger partial charge in [-0.25, -0.2) is 0 Å². The third-order valence-electron chi connectivity index (χ3n) is 4.14. The summed E-state index contributed by atoms with van der Waals surface area (Å²) in [7, 11) is -1.08. The second kappa shape index (κ2) is 5.11. The molecule has 2 fully saturated rings. The molecule has 1 nitrogen and oxygen atoms in total. The fourth-order valence-electron chi connectivity index (χ4n) is 3.00. The van der Waals surface area contributed by atoms with Crippen molar-refractivity contribution in [3.8, 4) is 0 Å². The van der Waals surface area contributed by atoms with Crippen LogP contribution in [0.15, 0.2) is 0 Å². The molecular formula is C13H25BrOSi. The van der Waals surface area contributed by atoms with E-state index in [0.29, 0.717) is 16.7 Å². The summed E-state index contributed by atoms with van der Waals surface area (Å²) in [5.41, 5.74) is 0. The van der Waals surface area contributed by atoms with Gasteiger partial charge in [-0.1, -0.05) is 54.8 Å². The normalized spacial score (nSPS) is 34.5. The second-order valence-electron chi connectivity index (χ2n) is 6.61. The molecule has 94 valence electrons. The van der Waals surface area contributed by atoms with Crippen molar-refractivity contribution in [2.24, 2.45) is 5.92 Å². The van der Waals surface area contributed by atoms with Gasteiger partial charge in [0.15, 0.2) is 0 Å². The van der Waals surface area contributed by atoms with Crippen molar-refractivity contribution in [3.05, 3.63) is 0 Å². The first-order valence-corrected chi connectivity index (χ1v) is 11.3. The van der Waals surface area contributed by atoms with Crippen LogP contribution < -0.4 is 0 Å². The van der Waals surface area contributed by atoms with E-state index in [-0.39, 0.29) is 0 Å². The summed E-state index contributed by atoms with van der Waals surface area (Å²) in [6.45, 7) is 7.26. The summed E-state index contributed by atoms with van der Waals surface area (Å²) in [6, 6.07) is 0. The van der Waals surface area contributed by atoms with Crippen molar-refractivity contribution in [2.75, 3.05) is 0 Å². The van der Waals surface area contributed by atoms with E-state index in [1.54, 1.807) is 0 Å². The van der Waals surface area contributed by atoms with Crippen LogP contribution in [-0.2, 0) is 4.74 Å². The van der Waals surface area contributed by atoms with Crippen LogP contribution in [0, 0.1) is 5.92 Å². The summed E-state index contributed by atoms with van der Waals surface area (Å²) in [4.78, 5) is 0. The van der Waals surface area contributed by atoms with Crippen LogP contribution in [-0.4, -0.2) is 24.7 Å². The highest BCUT2D eigenvalue weighted by Crippen LogP contribution is 2.40. The van der Waals surface area contributed by atoms with Crippen LogP contribution in [0.4, 0.5) is 0 Å². The molecular weight excluding hydrogens is 280 g/mol. The van der Waals surface area contributed by atoms with Gasteiger partial charge in [0, 0.05) is 10.9 Å². The van der Waals surface area contributed by atoms with Crippen molar-refractivity contribution < 1.29 is 4.74 Å². The topological polar surface area (TPSA) is 9.23 Å². The highest BCUT2D eigenvalue weighted by atomic mass is 79.9. The smallest absolute Gasteiger partial charge is 0.0703 e. The van der Waals surface area contributed by atoms with E-state index in [0.717, 1.165) is 5.92 Å². The molecule has 16 heavy (non-hydrogen) atoms. The van der Waals surface area contributed by atoms with Crippen LogP contribution in [0.3, 0.4) is 0 Å². The maximum Gasteiger partial charge on any atom is 0.0703 e. The van der Waals surface area contributed by atoms with Crippen LogP contribution in [0.2, 0.25) is 19.6 Å². The van der Waals surface area contributed by atoms with Gasteiger partial charge in [0.25, 0.3) is 0 Å². The molecule has 1 heterocycles. The van der Waals surface area contributed by atoms with Gasteiger partial charge in [-0.3, -0.25) is 0 Å². The summed E-state index contributed by atoms with van der Waals surface area (Å²) in [6.07, 6.45) is 9.56. The Morgan fingerprint density at radius 3 is 2.19 bits per heavy atom. The maximum atomic E-state index is 6.15. The van der Waals surface area contributed by atoms with E-state index >= 15 is 0 Å². The predicted octanol–water partition coefficient (Wildman–Crippen LogP) is 4.37. The van der Waals surface area contributed by atoms with Crippen molar-refractivity contribution >= 4 is 24.0 Å². The third-order valence-corrected chi connectivity index (χ3v) is 10.9. The molecule has 0 aromatic heterocycles. The molecule has 0 radical (unpaired) electrons. The second-order valence-corrected chi connectivity index (χ2v) is 13.8. The minimum absolute atomic E-state index is 0.513. The molecule has 0 N–H and O–H groups in total. The van der Waals surface area contributed by atoms with E-state index in [4.69, 9.17) is 4.74 Å². The van der Waals surface area contributed by atoms with Crippen molar-refractivity contribution in [3.63, 3.8) is 0 Å². The molecule has 3 atom stereocenters. The number of rotatable bonds is 3. The highest BCUT2D eigenvalue weighted by molar-refractivity contribution is 9.10. The summed E-state index contributed by atoms with van der Waals surface area (Å²) < 4.78 is 6.79. The Morgan fingerprint density at radius 1 is 1.12 bits per heavy atom. The quantitative estimate of drug-likeness (QED) is 0.556. The number of hydrogen-bond acceptors (Lipinski definition) is 1. The molecule has 0 unspecified atom stereocenters. The lowest BCUT2D eigenvalue weighted by molar-refractivity contribution is -0.148. The van der Waals surface area contributed by atoms with Crippen LogP contribution in [0.25, 0.3) is 0 Å². The number of hydrogen-bond donors (Lipinski definition) is 0. The molecule has 0 aromatic carbocycles. The Bertz CT molecular complexity index is 227. The standard InChI is InChI=1S/C13H25BrOSi/c1-16(2,3)13(14)12-9-11(15-12)10-7-5-4-6-8-10/h10-13H,4-9H2,1-3H3/t11-,12+,13-/m1/s1. The number of halogens is 1. The average molecular weight is 305 g/mol. The Labute approximate surface area is 109 Å². The molecule has 2 rings (SSSR count). The summed E-state index contributed by atoms with van der Waals surface area (Å²) >= 11 is 3.86. The van der Waals surface area contributed by atoms with Gasteiger partial charge in [0.05, 0.1) is 20.3 Å². The minimum Gasteiger partial charge on any atom is -0.374 e. The largest absolute Gasteiger partial charge is 0.374 e. The lowest BCUT2D eigenvalue weighted by Gasteiger charge is -2.46. The molecule has 3 heteroatoms. The molecule has 1 saturated heterocycles. The SMILES string of the molecule is C[Si](C)(C)[C@@H](Br)[C@@H]1C[C@H](C2CCCCC2)O1. The average Bonchev–Trinajstić information content (AvgIpc) is 2.15. The van der Waals surface area contributed by atoms with E-state index in [2.05, 4.69) is 35.6 Å². The van der Waals surface area contributed by atoms with Crippen molar-refractivity contribution in [1.29, 1.82) is 0 Å². The molecule has 1 aliphatic carbocycles. The van der Waals surface area contributed by atoms with Gasteiger partial charge in [-0.15, -0.1) is 0 Å². The van der Waals surface area contributed by atoms with Gasteiger partial charge in [0.1, 0.15) is 0 Å². The zero-order valence-corrected chi connectivity index (χ0v) is 13.4. The van der Waals surface area contributed by atoms with E-state index in [1.165, 1.54) is 38.5 Å². The van der Waals surface area contributed by atoms with Gasteiger partial charge in [-0.05, 0) is 18.8 Å². The highest BCUT2D eigenvalue weighted by Gasteiger charge is 2.43. The Kier molecular flexibility index (Phi) is 4.18. The van der Waals surface area contributed by atoms with Crippen LogP contribution in [0.5, 0.6) is 0 Å². The molecule has 0 aromatic rings. The van der Waals surface area contributed by atoms with Crippen molar-refractivity contribution in [2.45, 2.75) is 74.8 Å². The summed E-state index contributed by atoms with van der Waals surface area (Å²) in [5, 5.41) is 0. The molecule has 1 aliphatic heterocycles. The van der Waals surface area contributed by atoms with E-state index in [1.807, 2.05) is 0 Å². The zero-order chi connectivity index (χ0) is 11.8. The van der Waals surface area contributed by atoms with Gasteiger partial charge >= 0.3 is 0 Å². The zero-order valence-electron chi connectivity index (χ0n) is 10.8. The fraction of sp³-hybridized carbons (Fsp3) is 1.00. The number of alkyl halides is 1. The first-order chi connectivity index (χ1) is 7.48.